The third kappa shape index (κ3) is 10.1. The lowest BCUT2D eigenvalue weighted by Gasteiger charge is -2.14. The zero-order chi connectivity index (χ0) is 12.4. The summed E-state index contributed by atoms with van der Waals surface area (Å²) in [5.41, 5.74) is -0.181. The predicted molar refractivity (Wildman–Crippen MR) is 69.7 cm³/mol. The lowest BCUT2D eigenvalue weighted by Crippen LogP contribution is -2.19. The van der Waals surface area contributed by atoms with Crippen molar-refractivity contribution in [3.05, 3.63) is 0 Å². The summed E-state index contributed by atoms with van der Waals surface area (Å²) in [5.74, 6) is 0.786. The van der Waals surface area contributed by atoms with Gasteiger partial charge in [0, 0.05) is 22.8 Å². The highest BCUT2D eigenvalue weighted by molar-refractivity contribution is 7.84. The van der Waals surface area contributed by atoms with E-state index in [0.717, 1.165) is 44.5 Å². The SMILES string of the molecule is CS(=O)CCCNCCCCC(C)(C)C#N. The molecule has 0 aliphatic rings. The predicted octanol–water partition coefficient (Wildman–Crippen LogP) is 2.06. The number of nitrogens with one attached hydrogen (secondary N) is 1. The standard InChI is InChI=1S/C12H24N2OS/c1-12(2,11-13)7-4-5-8-14-9-6-10-16(3)15/h14H,4-10H2,1-3H3. The van der Waals surface area contributed by atoms with E-state index in [1.54, 1.807) is 6.26 Å². The number of nitrogens with zero attached hydrogens (tertiary/aromatic N) is 1. The second-order valence-corrected chi connectivity index (χ2v) is 6.39. The van der Waals surface area contributed by atoms with Crippen LogP contribution in [-0.2, 0) is 10.8 Å². The highest BCUT2D eigenvalue weighted by Gasteiger charge is 2.14. The van der Waals surface area contributed by atoms with Crippen molar-refractivity contribution >= 4 is 10.8 Å². The van der Waals surface area contributed by atoms with Gasteiger partial charge in [-0.1, -0.05) is 6.42 Å². The van der Waals surface area contributed by atoms with E-state index in [1.807, 2.05) is 13.8 Å². The van der Waals surface area contributed by atoms with Crippen LogP contribution >= 0.6 is 0 Å². The molecule has 16 heavy (non-hydrogen) atoms. The fraction of sp³-hybridized carbons (Fsp3) is 0.917. The Morgan fingerprint density at radius 2 is 1.88 bits per heavy atom. The fourth-order valence-electron chi connectivity index (χ4n) is 1.40. The first-order valence-electron chi connectivity index (χ1n) is 5.90. The van der Waals surface area contributed by atoms with Crippen LogP contribution in [0.4, 0.5) is 0 Å². The molecule has 0 spiro atoms. The molecule has 0 amide bonds. The molecule has 0 aromatic heterocycles. The van der Waals surface area contributed by atoms with Crippen LogP contribution in [-0.4, -0.2) is 29.3 Å². The van der Waals surface area contributed by atoms with Crippen molar-refractivity contribution in [2.75, 3.05) is 25.1 Å². The molecule has 1 N–H and O–H groups in total. The second-order valence-electron chi connectivity index (χ2n) is 4.83. The molecule has 1 atom stereocenters. The van der Waals surface area contributed by atoms with Gasteiger partial charge in [0.05, 0.1) is 11.5 Å². The molecular weight excluding hydrogens is 220 g/mol. The minimum Gasteiger partial charge on any atom is -0.317 e. The zero-order valence-electron chi connectivity index (χ0n) is 10.7. The van der Waals surface area contributed by atoms with Crippen LogP contribution in [0.5, 0.6) is 0 Å². The van der Waals surface area contributed by atoms with Crippen molar-refractivity contribution < 1.29 is 4.21 Å². The van der Waals surface area contributed by atoms with E-state index in [-0.39, 0.29) is 5.41 Å². The van der Waals surface area contributed by atoms with Gasteiger partial charge in [-0.2, -0.15) is 5.26 Å². The molecular formula is C12H24N2OS. The van der Waals surface area contributed by atoms with Gasteiger partial charge < -0.3 is 5.32 Å². The smallest absolute Gasteiger partial charge is 0.0683 e. The maximum atomic E-state index is 10.8. The molecule has 4 heteroatoms. The first kappa shape index (κ1) is 15.6. The zero-order valence-corrected chi connectivity index (χ0v) is 11.5. The number of hydrogen-bond acceptors (Lipinski definition) is 3. The number of rotatable bonds is 9. The van der Waals surface area contributed by atoms with Crippen LogP contribution in [0.15, 0.2) is 0 Å². The molecule has 94 valence electrons. The minimum absolute atomic E-state index is 0.181. The Morgan fingerprint density at radius 3 is 2.44 bits per heavy atom. The maximum absolute atomic E-state index is 10.8. The third-order valence-electron chi connectivity index (χ3n) is 2.49. The van der Waals surface area contributed by atoms with Crippen molar-refractivity contribution in [3.8, 4) is 6.07 Å². The fourth-order valence-corrected chi connectivity index (χ4v) is 1.95. The van der Waals surface area contributed by atoms with Crippen LogP contribution in [0, 0.1) is 16.7 Å². The van der Waals surface area contributed by atoms with Gasteiger partial charge in [-0.15, -0.1) is 0 Å². The molecule has 0 saturated carbocycles. The summed E-state index contributed by atoms with van der Waals surface area (Å²) in [4.78, 5) is 0. The van der Waals surface area contributed by atoms with Crippen molar-refractivity contribution in [1.82, 2.24) is 5.32 Å². The molecule has 3 nitrogen and oxygen atoms in total. The van der Waals surface area contributed by atoms with Gasteiger partial charge in [0.15, 0.2) is 0 Å². The third-order valence-corrected chi connectivity index (χ3v) is 3.36. The minimum atomic E-state index is -0.663. The number of hydrogen-bond donors (Lipinski definition) is 1. The molecule has 0 aromatic rings. The average molecular weight is 244 g/mol. The van der Waals surface area contributed by atoms with E-state index in [4.69, 9.17) is 5.26 Å². The van der Waals surface area contributed by atoms with E-state index in [1.165, 1.54) is 0 Å². The summed E-state index contributed by atoms with van der Waals surface area (Å²) in [5, 5.41) is 12.2. The Labute approximate surface area is 102 Å². The lowest BCUT2D eigenvalue weighted by molar-refractivity contribution is 0.422. The van der Waals surface area contributed by atoms with Crippen LogP contribution < -0.4 is 5.32 Å². The van der Waals surface area contributed by atoms with Crippen molar-refractivity contribution in [1.29, 1.82) is 5.26 Å². The molecule has 0 rings (SSSR count). The molecule has 0 bridgehead atoms. The highest BCUT2D eigenvalue weighted by atomic mass is 32.2. The number of nitriles is 1. The molecule has 0 aliphatic carbocycles. The van der Waals surface area contributed by atoms with Crippen LogP contribution in [0.2, 0.25) is 0 Å². The summed E-state index contributed by atoms with van der Waals surface area (Å²) < 4.78 is 10.8. The van der Waals surface area contributed by atoms with Crippen LogP contribution in [0.1, 0.15) is 39.5 Å². The summed E-state index contributed by atoms with van der Waals surface area (Å²) in [6, 6.07) is 2.31. The molecule has 0 fully saturated rings. The monoisotopic (exact) mass is 244 g/mol. The van der Waals surface area contributed by atoms with Crippen molar-refractivity contribution in [2.24, 2.45) is 5.41 Å². The molecule has 0 radical (unpaired) electrons. The molecule has 0 heterocycles. The maximum Gasteiger partial charge on any atom is 0.0683 e. The average Bonchev–Trinajstić information content (AvgIpc) is 2.21. The van der Waals surface area contributed by atoms with E-state index in [2.05, 4.69) is 11.4 Å². The van der Waals surface area contributed by atoms with Crippen LogP contribution in [0.3, 0.4) is 0 Å². The number of unbranched alkanes of at least 4 members (excludes halogenated alkanes) is 1. The molecule has 0 aromatic carbocycles. The first-order valence-corrected chi connectivity index (χ1v) is 7.63. The summed E-state index contributed by atoms with van der Waals surface area (Å²) in [7, 11) is -0.663. The first-order chi connectivity index (χ1) is 7.48. The highest BCUT2D eigenvalue weighted by Crippen LogP contribution is 2.21. The van der Waals surface area contributed by atoms with Gasteiger partial charge in [0.25, 0.3) is 0 Å². The van der Waals surface area contributed by atoms with Gasteiger partial charge in [0.1, 0.15) is 0 Å². The Hall–Kier alpha value is -0.400. The van der Waals surface area contributed by atoms with Crippen molar-refractivity contribution in [2.45, 2.75) is 39.5 Å². The van der Waals surface area contributed by atoms with E-state index in [0.29, 0.717) is 0 Å². The van der Waals surface area contributed by atoms with Gasteiger partial charge in [0.2, 0.25) is 0 Å². The van der Waals surface area contributed by atoms with Gasteiger partial charge in [-0.25, -0.2) is 0 Å². The summed E-state index contributed by atoms with van der Waals surface area (Å²) in [6.45, 7) is 5.91. The van der Waals surface area contributed by atoms with E-state index < -0.39 is 10.8 Å². The van der Waals surface area contributed by atoms with Crippen LogP contribution in [0.25, 0.3) is 0 Å². The largest absolute Gasteiger partial charge is 0.317 e. The van der Waals surface area contributed by atoms with Gasteiger partial charge in [-0.05, 0) is 46.2 Å². The normalized spacial score (nSPS) is 13.4. The lowest BCUT2D eigenvalue weighted by atomic mass is 9.89. The van der Waals surface area contributed by atoms with Gasteiger partial charge >= 0.3 is 0 Å². The van der Waals surface area contributed by atoms with E-state index in [9.17, 15) is 4.21 Å². The summed E-state index contributed by atoms with van der Waals surface area (Å²) >= 11 is 0. The second kappa shape index (κ2) is 8.72. The molecule has 1 unspecified atom stereocenters. The van der Waals surface area contributed by atoms with Gasteiger partial charge in [-0.3, -0.25) is 4.21 Å². The van der Waals surface area contributed by atoms with E-state index >= 15 is 0 Å². The van der Waals surface area contributed by atoms with Crippen molar-refractivity contribution in [3.63, 3.8) is 0 Å². The Morgan fingerprint density at radius 1 is 1.25 bits per heavy atom. The Balaban J connectivity index is 3.23. The molecule has 0 saturated heterocycles. The molecule has 0 aliphatic heterocycles. The Kier molecular flexibility index (Phi) is 8.50. The summed E-state index contributed by atoms with van der Waals surface area (Å²) in [6.07, 6.45) is 5.88. The topological polar surface area (TPSA) is 52.9 Å². The quantitative estimate of drug-likeness (QED) is 0.632. The Bertz CT molecular complexity index is 246.